The molecular weight excluding hydrogens is 406 g/mol. The Labute approximate surface area is 177 Å². The van der Waals surface area contributed by atoms with Crippen molar-refractivity contribution in [3.05, 3.63) is 59.6 Å². The summed E-state index contributed by atoms with van der Waals surface area (Å²) in [5.41, 5.74) is 1.99. The van der Waals surface area contributed by atoms with Gasteiger partial charge in [0, 0.05) is 18.1 Å². The first-order valence-corrected chi connectivity index (χ1v) is 11.5. The first kappa shape index (κ1) is 19.7. The standard InChI is InChI=1S/C21H21N3O3S2/c1-2-27-21(26)18-14-28-12-10-23(18)20(25)17-13-16(19-9-6-11-29-19)22-24(17)15-7-4-3-5-8-15/h3-9,11,13,18H,2,10,12,14H2,1H3. The van der Waals surface area contributed by atoms with Crippen molar-refractivity contribution < 1.29 is 14.3 Å². The first-order chi connectivity index (χ1) is 14.2. The highest BCUT2D eigenvalue weighted by atomic mass is 32.2. The summed E-state index contributed by atoms with van der Waals surface area (Å²) in [6.07, 6.45) is 0. The molecule has 0 bridgehead atoms. The lowest BCUT2D eigenvalue weighted by atomic mass is 10.2. The van der Waals surface area contributed by atoms with Gasteiger partial charge in [0.05, 0.1) is 17.2 Å². The highest BCUT2D eigenvalue weighted by molar-refractivity contribution is 7.99. The van der Waals surface area contributed by atoms with Gasteiger partial charge in [-0.25, -0.2) is 9.48 Å². The van der Waals surface area contributed by atoms with Gasteiger partial charge in [0.1, 0.15) is 17.4 Å². The second kappa shape index (κ2) is 8.84. The normalized spacial score (nSPS) is 16.6. The molecule has 0 aliphatic carbocycles. The molecule has 3 aromatic rings. The molecule has 4 rings (SSSR count). The number of esters is 1. The minimum absolute atomic E-state index is 0.206. The number of aromatic nitrogens is 2. The van der Waals surface area contributed by atoms with Gasteiger partial charge in [0.15, 0.2) is 0 Å². The number of thiophene rings is 1. The number of ether oxygens (including phenoxy) is 1. The SMILES string of the molecule is CCOC(=O)C1CSCCN1C(=O)c1cc(-c2cccs2)nn1-c1ccccc1. The fourth-order valence-corrected chi connectivity index (χ4v) is 4.98. The number of benzene rings is 1. The number of nitrogens with zero attached hydrogens (tertiary/aromatic N) is 3. The number of thioether (sulfide) groups is 1. The number of carbonyl (C=O) groups excluding carboxylic acids is 2. The van der Waals surface area contributed by atoms with Crippen molar-refractivity contribution in [2.24, 2.45) is 0 Å². The summed E-state index contributed by atoms with van der Waals surface area (Å²) in [7, 11) is 0. The average molecular weight is 428 g/mol. The third-order valence-electron chi connectivity index (χ3n) is 4.65. The second-order valence-electron chi connectivity index (χ2n) is 6.48. The molecule has 8 heteroatoms. The van der Waals surface area contributed by atoms with Gasteiger partial charge in [-0.05, 0) is 36.6 Å². The largest absolute Gasteiger partial charge is 0.464 e. The molecule has 150 valence electrons. The molecule has 1 saturated heterocycles. The molecule has 3 heterocycles. The molecule has 1 aliphatic heterocycles. The molecule has 0 saturated carbocycles. The number of hydrogen-bond donors (Lipinski definition) is 0. The Morgan fingerprint density at radius 2 is 2.03 bits per heavy atom. The van der Waals surface area contributed by atoms with Gasteiger partial charge in [0.2, 0.25) is 0 Å². The third-order valence-corrected chi connectivity index (χ3v) is 6.57. The van der Waals surface area contributed by atoms with Crippen LogP contribution < -0.4 is 0 Å². The van der Waals surface area contributed by atoms with Crippen LogP contribution in [0.4, 0.5) is 0 Å². The van der Waals surface area contributed by atoms with E-state index in [0.717, 1.165) is 22.0 Å². The van der Waals surface area contributed by atoms with Crippen LogP contribution in [0.15, 0.2) is 53.9 Å². The quantitative estimate of drug-likeness (QED) is 0.581. The fourth-order valence-electron chi connectivity index (χ4n) is 3.27. The van der Waals surface area contributed by atoms with E-state index in [0.29, 0.717) is 24.6 Å². The third kappa shape index (κ3) is 4.09. The van der Waals surface area contributed by atoms with Gasteiger partial charge in [0.25, 0.3) is 5.91 Å². The molecular formula is C21H21N3O3S2. The Bertz CT molecular complexity index is 986. The molecule has 1 amide bonds. The van der Waals surface area contributed by atoms with Crippen LogP contribution in [0.25, 0.3) is 16.3 Å². The molecule has 1 atom stereocenters. The van der Waals surface area contributed by atoms with Crippen LogP contribution in [0.1, 0.15) is 17.4 Å². The summed E-state index contributed by atoms with van der Waals surface area (Å²) in [4.78, 5) is 28.6. The van der Waals surface area contributed by atoms with Gasteiger partial charge in [-0.2, -0.15) is 16.9 Å². The van der Waals surface area contributed by atoms with E-state index < -0.39 is 6.04 Å². The molecule has 2 aromatic heterocycles. The molecule has 0 radical (unpaired) electrons. The second-order valence-corrected chi connectivity index (χ2v) is 8.58. The minimum atomic E-state index is -0.578. The molecule has 1 fully saturated rings. The predicted octanol–water partition coefficient (Wildman–Crippen LogP) is 3.72. The van der Waals surface area contributed by atoms with Gasteiger partial charge < -0.3 is 9.64 Å². The maximum atomic E-state index is 13.5. The molecule has 0 N–H and O–H groups in total. The number of hydrogen-bond acceptors (Lipinski definition) is 6. The van der Waals surface area contributed by atoms with Gasteiger partial charge in [-0.15, -0.1) is 11.3 Å². The van der Waals surface area contributed by atoms with Gasteiger partial charge in [-0.1, -0.05) is 24.3 Å². The van der Waals surface area contributed by atoms with Crippen LogP contribution in [0, 0.1) is 0 Å². The Balaban J connectivity index is 1.74. The van der Waals surface area contributed by atoms with Crippen molar-refractivity contribution in [2.45, 2.75) is 13.0 Å². The first-order valence-electron chi connectivity index (χ1n) is 9.43. The number of carbonyl (C=O) groups is 2. The molecule has 29 heavy (non-hydrogen) atoms. The van der Waals surface area contributed by atoms with E-state index in [4.69, 9.17) is 9.84 Å². The van der Waals surface area contributed by atoms with E-state index in [1.54, 1.807) is 39.6 Å². The lowest BCUT2D eigenvalue weighted by Gasteiger charge is -2.33. The lowest BCUT2D eigenvalue weighted by Crippen LogP contribution is -2.51. The number of rotatable bonds is 5. The molecule has 1 aliphatic rings. The van der Waals surface area contributed by atoms with E-state index in [1.807, 2.05) is 53.9 Å². The number of para-hydroxylation sites is 1. The summed E-state index contributed by atoms with van der Waals surface area (Å²) in [5.74, 6) is 0.778. The van der Waals surface area contributed by atoms with Crippen molar-refractivity contribution in [1.82, 2.24) is 14.7 Å². The smallest absolute Gasteiger partial charge is 0.329 e. The van der Waals surface area contributed by atoms with Gasteiger partial charge in [-0.3, -0.25) is 4.79 Å². The maximum Gasteiger partial charge on any atom is 0.329 e. The Morgan fingerprint density at radius 3 is 2.76 bits per heavy atom. The van der Waals surface area contributed by atoms with Crippen LogP contribution in [0.2, 0.25) is 0 Å². The highest BCUT2D eigenvalue weighted by Crippen LogP contribution is 2.28. The summed E-state index contributed by atoms with van der Waals surface area (Å²) in [6, 6.07) is 14.7. The monoisotopic (exact) mass is 427 g/mol. The average Bonchev–Trinajstić information content (AvgIpc) is 3.44. The number of amides is 1. The lowest BCUT2D eigenvalue weighted by molar-refractivity contribution is -0.147. The van der Waals surface area contributed by atoms with Crippen LogP contribution in [-0.4, -0.2) is 57.3 Å². The van der Waals surface area contributed by atoms with Crippen molar-refractivity contribution in [3.8, 4) is 16.3 Å². The van der Waals surface area contributed by atoms with E-state index >= 15 is 0 Å². The summed E-state index contributed by atoms with van der Waals surface area (Å²) >= 11 is 3.24. The van der Waals surface area contributed by atoms with E-state index in [1.165, 1.54) is 0 Å². The van der Waals surface area contributed by atoms with E-state index in [-0.39, 0.29) is 11.9 Å². The molecule has 0 spiro atoms. The van der Waals surface area contributed by atoms with Crippen LogP contribution >= 0.6 is 23.1 Å². The van der Waals surface area contributed by atoms with E-state index in [2.05, 4.69) is 0 Å². The minimum Gasteiger partial charge on any atom is -0.464 e. The summed E-state index contributed by atoms with van der Waals surface area (Å²) in [5, 5.41) is 6.69. The van der Waals surface area contributed by atoms with E-state index in [9.17, 15) is 9.59 Å². The zero-order valence-electron chi connectivity index (χ0n) is 16.0. The highest BCUT2D eigenvalue weighted by Gasteiger charge is 2.35. The van der Waals surface area contributed by atoms with Crippen molar-refractivity contribution in [2.75, 3.05) is 24.7 Å². The zero-order valence-corrected chi connectivity index (χ0v) is 17.6. The summed E-state index contributed by atoms with van der Waals surface area (Å²) in [6.45, 7) is 2.58. The van der Waals surface area contributed by atoms with Gasteiger partial charge >= 0.3 is 5.97 Å². The molecule has 1 aromatic carbocycles. The van der Waals surface area contributed by atoms with Crippen molar-refractivity contribution in [3.63, 3.8) is 0 Å². The van der Waals surface area contributed by atoms with Crippen LogP contribution in [-0.2, 0) is 9.53 Å². The van der Waals surface area contributed by atoms with Crippen molar-refractivity contribution in [1.29, 1.82) is 0 Å². The molecule has 1 unspecified atom stereocenters. The Morgan fingerprint density at radius 1 is 1.21 bits per heavy atom. The predicted molar refractivity (Wildman–Crippen MR) is 116 cm³/mol. The fraction of sp³-hybridized carbons (Fsp3) is 0.286. The zero-order chi connectivity index (χ0) is 20.2. The molecule has 6 nitrogen and oxygen atoms in total. The van der Waals surface area contributed by atoms with Crippen molar-refractivity contribution >= 4 is 35.0 Å². The topological polar surface area (TPSA) is 64.4 Å². The Kier molecular flexibility index (Phi) is 6.01. The maximum absolute atomic E-state index is 13.5. The summed E-state index contributed by atoms with van der Waals surface area (Å²) < 4.78 is 6.88. The van der Waals surface area contributed by atoms with Crippen LogP contribution in [0.5, 0.6) is 0 Å². The Hall–Kier alpha value is -2.58. The van der Waals surface area contributed by atoms with Crippen LogP contribution in [0.3, 0.4) is 0 Å².